The van der Waals surface area contributed by atoms with E-state index in [9.17, 15) is 24.0 Å². The number of nitrogens with one attached hydrogen (secondary N) is 3. The van der Waals surface area contributed by atoms with Crippen molar-refractivity contribution in [2.45, 2.75) is 101 Å². The summed E-state index contributed by atoms with van der Waals surface area (Å²) in [5, 5.41) is 9.35. The van der Waals surface area contributed by atoms with Crippen LogP contribution in [0.2, 0.25) is 10.0 Å². The molecule has 0 bridgehead atoms. The molecule has 0 spiro atoms. The number of nitrogens with zero attached hydrogens (tertiary/aromatic N) is 1. The highest BCUT2D eigenvalue weighted by Gasteiger charge is 2.49. The monoisotopic (exact) mass is 710 g/mol. The fourth-order valence-electron chi connectivity index (χ4n) is 7.24. The zero-order valence-electron chi connectivity index (χ0n) is 27.6. The van der Waals surface area contributed by atoms with Crippen LogP contribution in [0.25, 0.3) is 0 Å². The van der Waals surface area contributed by atoms with Crippen molar-refractivity contribution in [3.8, 4) is 5.75 Å². The molecule has 0 aromatic heterocycles. The maximum atomic E-state index is 14.6. The fraction of sp³-hybridized carbons (Fsp3) is 0.541. The third-order valence-electron chi connectivity index (χ3n) is 10.4. The molecule has 3 saturated carbocycles. The van der Waals surface area contributed by atoms with Gasteiger partial charge in [-0.15, -0.1) is 0 Å². The van der Waals surface area contributed by atoms with E-state index in [1.165, 1.54) is 11.0 Å². The SMILES string of the molecule is O=C(NC1CC1)C(=O)C(CC1CCNC1=O)NC(=O)C(CC1CCCCC1)N(CC1(c2cccc(Cl)c2)CC1)C(=O)Oc1cccc(Cl)c1. The molecule has 10 nitrogen and oxygen atoms in total. The van der Waals surface area contributed by atoms with E-state index in [4.69, 9.17) is 27.9 Å². The lowest BCUT2D eigenvalue weighted by Gasteiger charge is -2.36. The molecule has 4 fully saturated rings. The third-order valence-corrected chi connectivity index (χ3v) is 10.9. The third kappa shape index (κ3) is 9.14. The van der Waals surface area contributed by atoms with Gasteiger partial charge in [-0.3, -0.25) is 24.1 Å². The van der Waals surface area contributed by atoms with Gasteiger partial charge < -0.3 is 20.7 Å². The summed E-state index contributed by atoms with van der Waals surface area (Å²) in [5.74, 6) is -2.44. The number of hydrogen-bond acceptors (Lipinski definition) is 6. The number of Topliss-reactive ketones (excluding diaryl/α,β-unsaturated/α-hetero) is 1. The fourth-order valence-corrected chi connectivity index (χ4v) is 7.61. The normalized spacial score (nSPS) is 21.2. The van der Waals surface area contributed by atoms with Crippen molar-refractivity contribution in [2.24, 2.45) is 11.8 Å². The Kier molecular flexibility index (Phi) is 11.1. The van der Waals surface area contributed by atoms with Crippen LogP contribution in [0.15, 0.2) is 48.5 Å². The Hall–Kier alpha value is -3.63. The molecule has 12 heteroatoms. The number of carbonyl (C=O) groups excluding carboxylic acids is 5. The van der Waals surface area contributed by atoms with Crippen molar-refractivity contribution in [2.75, 3.05) is 13.1 Å². The van der Waals surface area contributed by atoms with Gasteiger partial charge >= 0.3 is 6.09 Å². The van der Waals surface area contributed by atoms with Crippen LogP contribution in [-0.2, 0) is 24.6 Å². The molecule has 49 heavy (non-hydrogen) atoms. The topological polar surface area (TPSA) is 134 Å². The minimum Gasteiger partial charge on any atom is -0.410 e. The smallest absolute Gasteiger partial charge is 0.410 e. The van der Waals surface area contributed by atoms with E-state index in [-0.39, 0.29) is 36.6 Å². The second-order valence-electron chi connectivity index (χ2n) is 14.2. The number of hydrogen-bond donors (Lipinski definition) is 3. The first-order valence-corrected chi connectivity index (χ1v) is 18.3. The zero-order chi connectivity index (χ0) is 34.5. The van der Waals surface area contributed by atoms with Gasteiger partial charge in [-0.25, -0.2) is 4.79 Å². The average Bonchev–Trinajstić information content (AvgIpc) is 4.02. The van der Waals surface area contributed by atoms with E-state index in [0.717, 1.165) is 63.4 Å². The first kappa shape index (κ1) is 35.2. The lowest BCUT2D eigenvalue weighted by atomic mass is 9.83. The van der Waals surface area contributed by atoms with Crippen molar-refractivity contribution in [1.29, 1.82) is 0 Å². The minimum atomic E-state index is -1.23. The molecular formula is C37H44Cl2N4O6. The molecule has 3 unspecified atom stereocenters. The summed E-state index contributed by atoms with van der Waals surface area (Å²) < 4.78 is 5.89. The molecule has 2 aromatic carbocycles. The predicted octanol–water partition coefficient (Wildman–Crippen LogP) is 5.72. The lowest BCUT2D eigenvalue weighted by molar-refractivity contribution is -0.141. The molecule has 3 aliphatic carbocycles. The molecule has 3 N–H and O–H groups in total. The number of carbonyl (C=O) groups is 5. The summed E-state index contributed by atoms with van der Waals surface area (Å²) in [6, 6.07) is 11.8. The maximum absolute atomic E-state index is 14.6. The van der Waals surface area contributed by atoms with E-state index in [0.29, 0.717) is 29.4 Å². The van der Waals surface area contributed by atoms with E-state index < -0.39 is 47.1 Å². The van der Waals surface area contributed by atoms with Gasteiger partial charge in [0.05, 0.1) is 6.04 Å². The van der Waals surface area contributed by atoms with E-state index >= 15 is 0 Å². The van der Waals surface area contributed by atoms with Gasteiger partial charge in [0.15, 0.2) is 0 Å². The van der Waals surface area contributed by atoms with Gasteiger partial charge in [0.25, 0.3) is 5.91 Å². The number of ether oxygens (including phenoxy) is 1. The number of halogens is 2. The Morgan fingerprint density at radius 1 is 0.918 bits per heavy atom. The molecule has 4 aliphatic rings. The predicted molar refractivity (Wildman–Crippen MR) is 185 cm³/mol. The number of amides is 4. The molecule has 262 valence electrons. The van der Waals surface area contributed by atoms with Gasteiger partial charge in [-0.1, -0.05) is 73.5 Å². The van der Waals surface area contributed by atoms with E-state index in [1.54, 1.807) is 24.3 Å². The van der Waals surface area contributed by atoms with Crippen LogP contribution in [-0.4, -0.2) is 65.7 Å². The zero-order valence-corrected chi connectivity index (χ0v) is 29.1. The largest absolute Gasteiger partial charge is 0.415 e. The van der Waals surface area contributed by atoms with Crippen LogP contribution >= 0.6 is 23.2 Å². The Bertz CT molecular complexity index is 1570. The van der Waals surface area contributed by atoms with Crippen molar-refractivity contribution >= 4 is 52.8 Å². The molecule has 1 heterocycles. The Balaban J connectivity index is 1.32. The maximum Gasteiger partial charge on any atom is 0.415 e. The first-order chi connectivity index (χ1) is 23.6. The molecular weight excluding hydrogens is 667 g/mol. The van der Waals surface area contributed by atoms with Crippen LogP contribution < -0.4 is 20.7 Å². The molecule has 3 atom stereocenters. The molecule has 6 rings (SSSR count). The summed E-state index contributed by atoms with van der Waals surface area (Å²) in [4.78, 5) is 69.5. The second-order valence-corrected chi connectivity index (χ2v) is 15.1. The molecule has 1 aliphatic heterocycles. The molecule has 4 amide bonds. The summed E-state index contributed by atoms with van der Waals surface area (Å²) in [6.45, 7) is 0.648. The van der Waals surface area contributed by atoms with E-state index in [2.05, 4.69) is 16.0 Å². The Labute approximate surface area is 297 Å². The van der Waals surface area contributed by atoms with Gasteiger partial charge in [0.1, 0.15) is 11.8 Å². The van der Waals surface area contributed by atoms with Gasteiger partial charge in [-0.05, 0) is 86.8 Å². The van der Waals surface area contributed by atoms with Gasteiger partial charge in [0.2, 0.25) is 17.6 Å². The van der Waals surface area contributed by atoms with Crippen LogP contribution in [0.4, 0.5) is 4.79 Å². The second kappa shape index (κ2) is 15.5. The van der Waals surface area contributed by atoms with Crippen LogP contribution in [0, 0.1) is 11.8 Å². The Morgan fingerprint density at radius 3 is 2.27 bits per heavy atom. The molecule has 2 aromatic rings. The van der Waals surface area contributed by atoms with Crippen molar-refractivity contribution in [1.82, 2.24) is 20.9 Å². The quantitative estimate of drug-likeness (QED) is 0.215. The van der Waals surface area contributed by atoms with Gasteiger partial charge in [-0.2, -0.15) is 0 Å². The standard InChI is InChI=1S/C37H44Cl2N4O6/c38-26-9-4-8-25(20-26)37(15-16-37)22-43(36(48)49-29-11-5-10-27(39)21-29)31(18-23-6-2-1-3-7-23)34(46)42-30(19-24-14-17-40-33(24)45)32(44)35(47)41-28-12-13-28/h4-5,8-11,20-21,23-24,28,30-31H,1-3,6-7,12-19,22H2,(H,40,45)(H,41,47)(H,42,46). The van der Waals surface area contributed by atoms with Crippen molar-refractivity contribution < 1.29 is 28.7 Å². The average molecular weight is 712 g/mol. The van der Waals surface area contributed by atoms with Crippen LogP contribution in [0.1, 0.15) is 82.6 Å². The Morgan fingerprint density at radius 2 is 1.63 bits per heavy atom. The number of benzene rings is 2. The highest BCUT2D eigenvalue weighted by Crippen LogP contribution is 2.50. The summed E-state index contributed by atoms with van der Waals surface area (Å²) in [5.41, 5.74) is 0.527. The van der Waals surface area contributed by atoms with Gasteiger partial charge in [0, 0.05) is 40.5 Å². The minimum absolute atomic E-state index is 0.00987. The first-order valence-electron chi connectivity index (χ1n) is 17.5. The molecule has 1 saturated heterocycles. The summed E-state index contributed by atoms with van der Waals surface area (Å²) in [6.07, 6.45) is 8.28. The highest BCUT2D eigenvalue weighted by molar-refractivity contribution is 6.38. The summed E-state index contributed by atoms with van der Waals surface area (Å²) >= 11 is 12.6. The molecule has 0 radical (unpaired) electrons. The lowest BCUT2D eigenvalue weighted by Crippen LogP contribution is -2.57. The number of ketones is 1. The van der Waals surface area contributed by atoms with Crippen LogP contribution in [0.3, 0.4) is 0 Å². The van der Waals surface area contributed by atoms with E-state index in [1.807, 2.05) is 18.2 Å². The number of rotatable bonds is 14. The van der Waals surface area contributed by atoms with Crippen LogP contribution in [0.5, 0.6) is 5.75 Å². The van der Waals surface area contributed by atoms with Crippen molar-refractivity contribution in [3.05, 3.63) is 64.1 Å². The van der Waals surface area contributed by atoms with Crippen molar-refractivity contribution in [3.63, 3.8) is 0 Å². The summed E-state index contributed by atoms with van der Waals surface area (Å²) in [7, 11) is 0. The highest BCUT2D eigenvalue weighted by atomic mass is 35.5.